The molecule has 0 aliphatic heterocycles. The SMILES string of the molecule is CC[C@@H](C)N(C)c1nc2cc(C(=O)O)ccc2nc1-c1ccc(F)cc1. The second-order valence-corrected chi connectivity index (χ2v) is 6.28. The van der Waals surface area contributed by atoms with Crippen molar-refractivity contribution in [3.05, 3.63) is 53.8 Å². The van der Waals surface area contributed by atoms with Gasteiger partial charge in [-0.25, -0.2) is 19.2 Å². The summed E-state index contributed by atoms with van der Waals surface area (Å²) in [6.07, 6.45) is 0.911. The van der Waals surface area contributed by atoms with Crippen molar-refractivity contribution in [1.82, 2.24) is 9.97 Å². The van der Waals surface area contributed by atoms with Crippen LogP contribution >= 0.6 is 0 Å². The summed E-state index contributed by atoms with van der Waals surface area (Å²) in [6.45, 7) is 4.16. The second kappa shape index (κ2) is 7.07. The van der Waals surface area contributed by atoms with E-state index in [1.807, 2.05) is 11.9 Å². The van der Waals surface area contributed by atoms with Crippen molar-refractivity contribution in [3.8, 4) is 11.3 Å². The third kappa shape index (κ3) is 3.35. The molecule has 0 saturated heterocycles. The van der Waals surface area contributed by atoms with Crippen molar-refractivity contribution in [3.63, 3.8) is 0 Å². The lowest BCUT2D eigenvalue weighted by molar-refractivity contribution is 0.0697. The number of halogens is 1. The fraction of sp³-hybridized carbons (Fsp3) is 0.250. The molecule has 6 heteroatoms. The van der Waals surface area contributed by atoms with Gasteiger partial charge in [-0.2, -0.15) is 0 Å². The number of carboxylic acids is 1. The van der Waals surface area contributed by atoms with Crippen molar-refractivity contribution < 1.29 is 14.3 Å². The number of hydrogen-bond donors (Lipinski definition) is 1. The van der Waals surface area contributed by atoms with Crippen molar-refractivity contribution in [2.24, 2.45) is 0 Å². The highest BCUT2D eigenvalue weighted by Crippen LogP contribution is 2.31. The minimum atomic E-state index is -1.01. The zero-order valence-corrected chi connectivity index (χ0v) is 14.9. The first kappa shape index (κ1) is 17.8. The summed E-state index contributed by atoms with van der Waals surface area (Å²) in [5.74, 6) is -0.681. The van der Waals surface area contributed by atoms with Gasteiger partial charge < -0.3 is 10.0 Å². The third-order valence-electron chi connectivity index (χ3n) is 4.60. The van der Waals surface area contributed by atoms with Gasteiger partial charge in [-0.15, -0.1) is 0 Å². The molecule has 1 N–H and O–H groups in total. The Bertz CT molecular complexity index is 957. The topological polar surface area (TPSA) is 66.3 Å². The predicted octanol–water partition coefficient (Wildman–Crippen LogP) is 4.37. The molecule has 0 spiro atoms. The number of benzene rings is 2. The largest absolute Gasteiger partial charge is 0.478 e. The molecule has 5 nitrogen and oxygen atoms in total. The lowest BCUT2D eigenvalue weighted by Gasteiger charge is -2.27. The van der Waals surface area contributed by atoms with Gasteiger partial charge >= 0.3 is 5.97 Å². The molecule has 0 bridgehead atoms. The highest BCUT2D eigenvalue weighted by atomic mass is 19.1. The van der Waals surface area contributed by atoms with Crippen LogP contribution in [0, 0.1) is 5.82 Å². The molecule has 2 aromatic carbocycles. The monoisotopic (exact) mass is 353 g/mol. The summed E-state index contributed by atoms with van der Waals surface area (Å²) in [4.78, 5) is 22.6. The molecular formula is C20H20FN3O2. The van der Waals surface area contributed by atoms with Crippen LogP contribution in [-0.4, -0.2) is 34.1 Å². The number of anilines is 1. The van der Waals surface area contributed by atoms with Crippen molar-refractivity contribution in [2.75, 3.05) is 11.9 Å². The van der Waals surface area contributed by atoms with Crippen molar-refractivity contribution in [2.45, 2.75) is 26.3 Å². The fourth-order valence-corrected chi connectivity index (χ4v) is 2.71. The van der Waals surface area contributed by atoms with Crippen LogP contribution in [0.5, 0.6) is 0 Å². The first-order valence-corrected chi connectivity index (χ1v) is 8.44. The van der Waals surface area contributed by atoms with Gasteiger partial charge in [-0.3, -0.25) is 0 Å². The Balaban J connectivity index is 2.24. The highest BCUT2D eigenvalue weighted by Gasteiger charge is 2.18. The van der Waals surface area contributed by atoms with Crippen LogP contribution in [0.3, 0.4) is 0 Å². The van der Waals surface area contributed by atoms with E-state index in [-0.39, 0.29) is 17.4 Å². The van der Waals surface area contributed by atoms with E-state index in [0.29, 0.717) is 22.5 Å². The van der Waals surface area contributed by atoms with Crippen molar-refractivity contribution >= 4 is 22.8 Å². The molecule has 0 fully saturated rings. The van der Waals surface area contributed by atoms with Gasteiger partial charge in [0.2, 0.25) is 0 Å². The van der Waals surface area contributed by atoms with E-state index in [2.05, 4.69) is 13.8 Å². The Morgan fingerprint density at radius 1 is 1.15 bits per heavy atom. The zero-order valence-electron chi connectivity index (χ0n) is 14.9. The smallest absolute Gasteiger partial charge is 0.335 e. The van der Waals surface area contributed by atoms with E-state index in [1.54, 1.807) is 18.2 Å². The van der Waals surface area contributed by atoms with Gasteiger partial charge in [0.05, 0.1) is 16.6 Å². The number of hydrogen-bond acceptors (Lipinski definition) is 4. The summed E-state index contributed by atoms with van der Waals surface area (Å²) in [7, 11) is 1.93. The molecule has 0 amide bonds. The maximum absolute atomic E-state index is 13.3. The van der Waals surface area contributed by atoms with E-state index in [9.17, 15) is 14.3 Å². The van der Waals surface area contributed by atoms with Crippen LogP contribution in [0.2, 0.25) is 0 Å². The molecule has 134 valence electrons. The Morgan fingerprint density at radius 3 is 2.46 bits per heavy atom. The molecule has 26 heavy (non-hydrogen) atoms. The van der Waals surface area contributed by atoms with Crippen LogP contribution in [0.4, 0.5) is 10.2 Å². The average Bonchev–Trinajstić information content (AvgIpc) is 2.65. The minimum Gasteiger partial charge on any atom is -0.478 e. The van der Waals surface area contributed by atoms with Crippen molar-refractivity contribution in [1.29, 1.82) is 0 Å². The second-order valence-electron chi connectivity index (χ2n) is 6.28. The van der Waals surface area contributed by atoms with E-state index in [0.717, 1.165) is 12.0 Å². The average molecular weight is 353 g/mol. The van der Waals surface area contributed by atoms with Crippen LogP contribution in [0.15, 0.2) is 42.5 Å². The molecule has 0 radical (unpaired) electrons. The first-order valence-electron chi connectivity index (χ1n) is 8.44. The lowest BCUT2D eigenvalue weighted by Crippen LogP contribution is -2.29. The lowest BCUT2D eigenvalue weighted by atomic mass is 10.1. The predicted molar refractivity (Wildman–Crippen MR) is 100 cm³/mol. The number of aromatic carboxylic acids is 1. The molecule has 1 aromatic heterocycles. The van der Waals surface area contributed by atoms with Crippen LogP contribution < -0.4 is 4.90 Å². The van der Waals surface area contributed by atoms with Gasteiger partial charge in [0.1, 0.15) is 11.5 Å². The zero-order chi connectivity index (χ0) is 18.8. The van der Waals surface area contributed by atoms with Crippen LogP contribution in [0.25, 0.3) is 22.3 Å². The molecule has 0 aliphatic carbocycles. The summed E-state index contributed by atoms with van der Waals surface area (Å²) in [5, 5.41) is 9.21. The molecule has 0 unspecified atom stereocenters. The fourth-order valence-electron chi connectivity index (χ4n) is 2.71. The summed E-state index contributed by atoms with van der Waals surface area (Å²) < 4.78 is 13.3. The summed E-state index contributed by atoms with van der Waals surface area (Å²) in [5.41, 5.74) is 2.67. The Kier molecular flexibility index (Phi) is 4.84. The van der Waals surface area contributed by atoms with E-state index < -0.39 is 5.97 Å². The molecular weight excluding hydrogens is 333 g/mol. The number of aromatic nitrogens is 2. The summed E-state index contributed by atoms with van der Waals surface area (Å²) >= 11 is 0. The molecule has 0 saturated carbocycles. The van der Waals surface area contributed by atoms with E-state index >= 15 is 0 Å². The number of carboxylic acid groups (broad SMARTS) is 1. The maximum atomic E-state index is 13.3. The standard InChI is InChI=1S/C20H20FN3O2/c1-4-12(2)24(3)19-18(13-5-8-15(21)9-6-13)22-16-10-7-14(20(25)26)11-17(16)23-19/h5-12H,4H2,1-3H3,(H,25,26)/t12-/m1/s1. The maximum Gasteiger partial charge on any atom is 0.335 e. The summed E-state index contributed by atoms with van der Waals surface area (Å²) in [6, 6.07) is 11.0. The number of rotatable bonds is 5. The Hall–Kier alpha value is -3.02. The molecule has 1 atom stereocenters. The normalized spacial score (nSPS) is 12.2. The minimum absolute atomic E-state index is 0.165. The molecule has 0 aliphatic rings. The first-order chi connectivity index (χ1) is 12.4. The Labute approximate surface area is 151 Å². The van der Waals surface area contributed by atoms with Gasteiger partial charge in [-0.05, 0) is 55.8 Å². The quantitative estimate of drug-likeness (QED) is 0.738. The van der Waals surface area contributed by atoms with E-state index in [4.69, 9.17) is 9.97 Å². The molecule has 1 heterocycles. The van der Waals surface area contributed by atoms with Crippen LogP contribution in [0.1, 0.15) is 30.6 Å². The van der Waals surface area contributed by atoms with Crippen LogP contribution in [-0.2, 0) is 0 Å². The number of fused-ring (bicyclic) bond motifs is 1. The van der Waals surface area contributed by atoms with Gasteiger partial charge in [0.15, 0.2) is 5.82 Å². The van der Waals surface area contributed by atoms with Gasteiger partial charge in [0, 0.05) is 18.7 Å². The van der Waals surface area contributed by atoms with Gasteiger partial charge in [0.25, 0.3) is 0 Å². The van der Waals surface area contributed by atoms with Gasteiger partial charge in [-0.1, -0.05) is 6.92 Å². The highest BCUT2D eigenvalue weighted by molar-refractivity contribution is 5.93. The molecule has 3 rings (SSSR count). The molecule has 3 aromatic rings. The Morgan fingerprint density at radius 2 is 1.85 bits per heavy atom. The third-order valence-corrected chi connectivity index (χ3v) is 4.60. The number of carbonyl (C=O) groups is 1. The van der Waals surface area contributed by atoms with E-state index in [1.165, 1.54) is 24.3 Å². The number of nitrogens with zero attached hydrogens (tertiary/aromatic N) is 3.